The van der Waals surface area contributed by atoms with Crippen molar-refractivity contribution in [3.8, 4) is 0 Å². The molecule has 1 saturated heterocycles. The third-order valence-electron chi connectivity index (χ3n) is 2.97. The van der Waals surface area contributed by atoms with E-state index in [4.69, 9.17) is 0 Å². The third-order valence-corrected chi connectivity index (χ3v) is 2.97. The zero-order valence-corrected chi connectivity index (χ0v) is 8.51. The molecule has 1 saturated carbocycles. The number of amides is 1. The molecule has 14 heavy (non-hydrogen) atoms. The van der Waals surface area contributed by atoms with Gasteiger partial charge in [0.1, 0.15) is 0 Å². The average Bonchev–Trinajstić information content (AvgIpc) is 2.13. The first-order valence-corrected chi connectivity index (χ1v) is 5.55. The van der Waals surface area contributed by atoms with E-state index in [0.717, 1.165) is 32.4 Å². The van der Waals surface area contributed by atoms with Crippen molar-refractivity contribution in [1.82, 2.24) is 10.6 Å². The standard InChI is InChI=1S/C11H18N2O/c14-11(7-9-3-1-4-9)13-10-5-2-6-12-8-10/h7,10,12H,1-6,8H2,(H,13,14)/t10-/m0/s1. The molecule has 0 radical (unpaired) electrons. The Labute approximate surface area is 84.9 Å². The molecule has 1 atom stereocenters. The predicted molar refractivity (Wildman–Crippen MR) is 56.0 cm³/mol. The smallest absolute Gasteiger partial charge is 0.244 e. The van der Waals surface area contributed by atoms with Crippen LogP contribution in [0.1, 0.15) is 32.1 Å². The number of allylic oxidation sites excluding steroid dienone is 1. The van der Waals surface area contributed by atoms with Crippen molar-refractivity contribution in [3.05, 3.63) is 11.6 Å². The van der Waals surface area contributed by atoms with Gasteiger partial charge in [-0.05, 0) is 38.6 Å². The summed E-state index contributed by atoms with van der Waals surface area (Å²) in [6, 6.07) is 0.341. The van der Waals surface area contributed by atoms with Gasteiger partial charge in [0.05, 0.1) is 0 Å². The average molecular weight is 194 g/mol. The maximum atomic E-state index is 11.5. The summed E-state index contributed by atoms with van der Waals surface area (Å²) >= 11 is 0. The SMILES string of the molecule is O=C(C=C1CCC1)N[C@H]1CCCNC1. The maximum absolute atomic E-state index is 11.5. The summed E-state index contributed by atoms with van der Waals surface area (Å²) in [7, 11) is 0. The van der Waals surface area contributed by atoms with E-state index in [1.165, 1.54) is 18.4 Å². The molecule has 3 nitrogen and oxygen atoms in total. The van der Waals surface area contributed by atoms with Crippen molar-refractivity contribution in [3.63, 3.8) is 0 Å². The Morgan fingerprint density at radius 3 is 2.86 bits per heavy atom. The van der Waals surface area contributed by atoms with Gasteiger partial charge < -0.3 is 10.6 Å². The second-order valence-corrected chi connectivity index (χ2v) is 4.21. The van der Waals surface area contributed by atoms with Crippen molar-refractivity contribution < 1.29 is 4.79 Å². The normalized spacial score (nSPS) is 26.6. The van der Waals surface area contributed by atoms with Gasteiger partial charge in [0, 0.05) is 18.7 Å². The Morgan fingerprint density at radius 2 is 2.29 bits per heavy atom. The molecule has 1 aliphatic carbocycles. The van der Waals surface area contributed by atoms with Crippen LogP contribution < -0.4 is 10.6 Å². The van der Waals surface area contributed by atoms with Gasteiger partial charge in [0.25, 0.3) is 0 Å². The first-order chi connectivity index (χ1) is 6.84. The zero-order chi connectivity index (χ0) is 9.80. The summed E-state index contributed by atoms with van der Waals surface area (Å²) in [4.78, 5) is 11.5. The number of nitrogens with one attached hydrogen (secondary N) is 2. The van der Waals surface area contributed by atoms with Crippen LogP contribution in [-0.2, 0) is 4.79 Å². The van der Waals surface area contributed by atoms with Crippen molar-refractivity contribution in [2.75, 3.05) is 13.1 Å². The molecular weight excluding hydrogens is 176 g/mol. The topological polar surface area (TPSA) is 41.1 Å². The highest BCUT2D eigenvalue weighted by molar-refractivity contribution is 5.88. The van der Waals surface area contributed by atoms with E-state index in [9.17, 15) is 4.79 Å². The van der Waals surface area contributed by atoms with Crippen LogP contribution in [0.25, 0.3) is 0 Å². The highest BCUT2D eigenvalue weighted by Crippen LogP contribution is 2.24. The Kier molecular flexibility index (Phi) is 3.19. The zero-order valence-electron chi connectivity index (χ0n) is 8.51. The number of hydrogen-bond donors (Lipinski definition) is 2. The van der Waals surface area contributed by atoms with Gasteiger partial charge in [-0.2, -0.15) is 0 Å². The summed E-state index contributed by atoms with van der Waals surface area (Å²) in [6.07, 6.45) is 7.57. The molecule has 0 bridgehead atoms. The predicted octanol–water partition coefficient (Wildman–Crippen LogP) is 0.965. The monoisotopic (exact) mass is 194 g/mol. The minimum atomic E-state index is 0.105. The molecule has 2 N–H and O–H groups in total. The number of rotatable bonds is 2. The van der Waals surface area contributed by atoms with Gasteiger partial charge in [0.15, 0.2) is 0 Å². The van der Waals surface area contributed by atoms with E-state index in [-0.39, 0.29) is 5.91 Å². The van der Waals surface area contributed by atoms with Crippen molar-refractivity contribution in [2.45, 2.75) is 38.1 Å². The second kappa shape index (κ2) is 4.60. The van der Waals surface area contributed by atoms with E-state index in [0.29, 0.717) is 6.04 Å². The molecule has 0 aromatic rings. The Hall–Kier alpha value is -0.830. The molecule has 1 heterocycles. The first-order valence-electron chi connectivity index (χ1n) is 5.55. The lowest BCUT2D eigenvalue weighted by atomic mass is 9.92. The van der Waals surface area contributed by atoms with Crippen LogP contribution in [0.5, 0.6) is 0 Å². The largest absolute Gasteiger partial charge is 0.349 e. The summed E-state index contributed by atoms with van der Waals surface area (Å²) in [6.45, 7) is 2.02. The third kappa shape index (κ3) is 2.58. The number of piperidine rings is 1. The fourth-order valence-corrected chi connectivity index (χ4v) is 1.93. The lowest BCUT2D eigenvalue weighted by Crippen LogP contribution is -2.45. The van der Waals surface area contributed by atoms with E-state index in [1.807, 2.05) is 0 Å². The van der Waals surface area contributed by atoms with Gasteiger partial charge in [-0.3, -0.25) is 4.79 Å². The van der Waals surface area contributed by atoms with Crippen molar-refractivity contribution in [1.29, 1.82) is 0 Å². The van der Waals surface area contributed by atoms with Gasteiger partial charge in [-0.25, -0.2) is 0 Å². The Bertz CT molecular complexity index is 236. The van der Waals surface area contributed by atoms with Gasteiger partial charge >= 0.3 is 0 Å². The number of hydrogen-bond acceptors (Lipinski definition) is 2. The molecule has 0 spiro atoms. The molecular formula is C11H18N2O. The molecule has 2 aliphatic rings. The molecule has 2 fully saturated rings. The van der Waals surface area contributed by atoms with E-state index >= 15 is 0 Å². The van der Waals surface area contributed by atoms with Crippen LogP contribution >= 0.6 is 0 Å². The van der Waals surface area contributed by atoms with Crippen LogP contribution in [0, 0.1) is 0 Å². The number of carbonyl (C=O) groups excluding carboxylic acids is 1. The summed E-state index contributed by atoms with van der Waals surface area (Å²) < 4.78 is 0. The molecule has 2 rings (SSSR count). The van der Waals surface area contributed by atoms with Gasteiger partial charge in [-0.15, -0.1) is 0 Å². The fourth-order valence-electron chi connectivity index (χ4n) is 1.93. The van der Waals surface area contributed by atoms with Crippen molar-refractivity contribution >= 4 is 5.91 Å². The van der Waals surface area contributed by atoms with Crippen LogP contribution in [-0.4, -0.2) is 25.0 Å². The van der Waals surface area contributed by atoms with Gasteiger partial charge in [0.2, 0.25) is 5.91 Å². The Morgan fingerprint density at radius 1 is 1.43 bits per heavy atom. The minimum Gasteiger partial charge on any atom is -0.349 e. The van der Waals surface area contributed by atoms with Crippen LogP contribution in [0.2, 0.25) is 0 Å². The number of carbonyl (C=O) groups is 1. The quantitative estimate of drug-likeness (QED) is 0.643. The van der Waals surface area contributed by atoms with Crippen LogP contribution in [0.15, 0.2) is 11.6 Å². The lowest BCUT2D eigenvalue weighted by molar-refractivity contribution is -0.117. The highest BCUT2D eigenvalue weighted by atomic mass is 16.1. The highest BCUT2D eigenvalue weighted by Gasteiger charge is 2.15. The summed E-state index contributed by atoms with van der Waals surface area (Å²) in [5.41, 5.74) is 1.31. The first kappa shape index (κ1) is 9.71. The van der Waals surface area contributed by atoms with Crippen LogP contribution in [0.4, 0.5) is 0 Å². The van der Waals surface area contributed by atoms with E-state index in [1.54, 1.807) is 6.08 Å². The van der Waals surface area contributed by atoms with Crippen molar-refractivity contribution in [2.24, 2.45) is 0 Å². The molecule has 3 heteroatoms. The molecule has 78 valence electrons. The van der Waals surface area contributed by atoms with Gasteiger partial charge in [-0.1, -0.05) is 5.57 Å². The second-order valence-electron chi connectivity index (χ2n) is 4.21. The molecule has 1 amide bonds. The maximum Gasteiger partial charge on any atom is 0.244 e. The van der Waals surface area contributed by atoms with E-state index in [2.05, 4.69) is 10.6 Å². The molecule has 1 aliphatic heterocycles. The molecule has 0 unspecified atom stereocenters. The molecule has 0 aromatic heterocycles. The summed E-state index contributed by atoms with van der Waals surface area (Å²) in [5, 5.41) is 6.33. The minimum absolute atomic E-state index is 0.105. The summed E-state index contributed by atoms with van der Waals surface area (Å²) in [5.74, 6) is 0.105. The van der Waals surface area contributed by atoms with Crippen LogP contribution in [0.3, 0.4) is 0 Å². The van der Waals surface area contributed by atoms with E-state index < -0.39 is 0 Å². The fraction of sp³-hybridized carbons (Fsp3) is 0.727. The lowest BCUT2D eigenvalue weighted by Gasteiger charge is -2.24. The molecule has 0 aromatic carbocycles. The Balaban J connectivity index is 1.75.